The van der Waals surface area contributed by atoms with E-state index in [-0.39, 0.29) is 0 Å². The van der Waals surface area contributed by atoms with Crippen molar-refractivity contribution in [3.05, 3.63) is 23.9 Å². The van der Waals surface area contributed by atoms with E-state index in [1.54, 1.807) is 0 Å². The van der Waals surface area contributed by atoms with Gasteiger partial charge in [-0.15, -0.1) is 0 Å². The zero-order chi connectivity index (χ0) is 12.3. The summed E-state index contributed by atoms with van der Waals surface area (Å²) in [6.07, 6.45) is 5.67. The van der Waals surface area contributed by atoms with Gasteiger partial charge in [-0.3, -0.25) is 0 Å². The van der Waals surface area contributed by atoms with Crippen LogP contribution < -0.4 is 4.90 Å². The van der Waals surface area contributed by atoms with Crippen molar-refractivity contribution < 1.29 is 0 Å². The second-order valence-corrected chi connectivity index (χ2v) is 5.44. The molecule has 17 heavy (non-hydrogen) atoms. The molecule has 2 heteroatoms. The van der Waals surface area contributed by atoms with Gasteiger partial charge in [-0.05, 0) is 48.8 Å². The Morgan fingerprint density at radius 3 is 2.65 bits per heavy atom. The van der Waals surface area contributed by atoms with Crippen LogP contribution in [0.2, 0.25) is 0 Å². The van der Waals surface area contributed by atoms with Gasteiger partial charge < -0.3 is 4.90 Å². The molecule has 1 aliphatic rings. The van der Waals surface area contributed by atoms with Crippen LogP contribution in [0.15, 0.2) is 18.3 Å². The highest BCUT2D eigenvalue weighted by atomic mass is 15.2. The molecule has 2 nitrogen and oxygen atoms in total. The van der Waals surface area contributed by atoms with Gasteiger partial charge in [0.15, 0.2) is 0 Å². The van der Waals surface area contributed by atoms with E-state index in [4.69, 9.17) is 0 Å². The minimum atomic E-state index is 0.826. The Kier molecular flexibility index (Phi) is 4.03. The molecule has 0 radical (unpaired) electrons. The predicted octanol–water partition coefficient (Wildman–Crippen LogP) is 3.52. The lowest BCUT2D eigenvalue weighted by Gasteiger charge is -2.34. The van der Waals surface area contributed by atoms with Gasteiger partial charge in [0, 0.05) is 19.3 Å². The van der Waals surface area contributed by atoms with Crippen molar-refractivity contribution in [2.24, 2.45) is 11.8 Å². The van der Waals surface area contributed by atoms with Gasteiger partial charge in [0.05, 0.1) is 0 Å². The van der Waals surface area contributed by atoms with Gasteiger partial charge in [-0.25, -0.2) is 4.98 Å². The molecule has 0 amide bonds. The fourth-order valence-corrected chi connectivity index (χ4v) is 2.65. The molecule has 1 saturated heterocycles. The first-order chi connectivity index (χ1) is 8.20. The number of hydrogen-bond acceptors (Lipinski definition) is 2. The molecule has 0 aliphatic carbocycles. The Balaban J connectivity index is 2.00. The van der Waals surface area contributed by atoms with Crippen molar-refractivity contribution in [2.75, 3.05) is 18.0 Å². The number of hydrogen-bond donors (Lipinski definition) is 0. The highest BCUT2D eigenvalue weighted by Gasteiger charge is 2.22. The van der Waals surface area contributed by atoms with E-state index < -0.39 is 0 Å². The number of pyridine rings is 1. The maximum absolute atomic E-state index is 4.51. The lowest BCUT2D eigenvalue weighted by atomic mass is 9.87. The van der Waals surface area contributed by atoms with Gasteiger partial charge in [0.25, 0.3) is 0 Å². The summed E-state index contributed by atoms with van der Waals surface area (Å²) in [7, 11) is 0. The first-order valence-electron chi connectivity index (χ1n) is 6.90. The molecular weight excluding hydrogens is 208 g/mol. The first kappa shape index (κ1) is 12.4. The number of anilines is 1. The zero-order valence-corrected chi connectivity index (χ0v) is 11.3. The van der Waals surface area contributed by atoms with Gasteiger partial charge in [-0.1, -0.05) is 20.8 Å². The molecule has 1 aromatic heterocycles. The number of nitrogens with zero attached hydrogens (tertiary/aromatic N) is 2. The lowest BCUT2D eigenvalue weighted by molar-refractivity contribution is 0.310. The topological polar surface area (TPSA) is 16.1 Å². The van der Waals surface area contributed by atoms with Crippen molar-refractivity contribution in [3.63, 3.8) is 0 Å². The normalized spacial score (nSPS) is 17.8. The van der Waals surface area contributed by atoms with Crippen LogP contribution in [-0.4, -0.2) is 18.1 Å². The maximum Gasteiger partial charge on any atom is 0.128 e. The van der Waals surface area contributed by atoms with Gasteiger partial charge in [0.2, 0.25) is 0 Å². The van der Waals surface area contributed by atoms with E-state index in [0.29, 0.717) is 0 Å². The third-order valence-corrected chi connectivity index (χ3v) is 4.02. The SMILES string of the molecule is CCc1ccnc(N2CCC(C(C)C)CC2)c1. The van der Waals surface area contributed by atoms with Crippen LogP contribution in [0.1, 0.15) is 39.2 Å². The Morgan fingerprint density at radius 2 is 2.06 bits per heavy atom. The van der Waals surface area contributed by atoms with Crippen LogP contribution in [0.25, 0.3) is 0 Å². The highest BCUT2D eigenvalue weighted by molar-refractivity contribution is 5.41. The standard InChI is InChI=1S/C15H24N2/c1-4-13-5-8-16-15(11-13)17-9-6-14(7-10-17)12(2)3/h5,8,11-12,14H,4,6-7,9-10H2,1-3H3. The molecule has 0 saturated carbocycles. The smallest absolute Gasteiger partial charge is 0.128 e. The number of aryl methyl sites for hydroxylation is 1. The quantitative estimate of drug-likeness (QED) is 0.792. The highest BCUT2D eigenvalue weighted by Crippen LogP contribution is 2.27. The van der Waals surface area contributed by atoms with Crippen LogP contribution in [0, 0.1) is 11.8 Å². The molecular formula is C15H24N2. The third-order valence-electron chi connectivity index (χ3n) is 4.02. The molecule has 2 heterocycles. The monoisotopic (exact) mass is 232 g/mol. The first-order valence-corrected chi connectivity index (χ1v) is 6.90. The second-order valence-electron chi connectivity index (χ2n) is 5.44. The van der Waals surface area contributed by atoms with E-state index in [2.05, 4.69) is 42.8 Å². The molecule has 1 fully saturated rings. The number of rotatable bonds is 3. The van der Waals surface area contributed by atoms with Gasteiger partial charge in [0.1, 0.15) is 5.82 Å². The Hall–Kier alpha value is -1.05. The average molecular weight is 232 g/mol. The van der Waals surface area contributed by atoms with Crippen LogP contribution in [0.3, 0.4) is 0 Å². The molecule has 1 aromatic rings. The molecule has 94 valence electrons. The van der Waals surface area contributed by atoms with Crippen molar-refractivity contribution >= 4 is 5.82 Å². The van der Waals surface area contributed by atoms with E-state index in [9.17, 15) is 0 Å². The zero-order valence-electron chi connectivity index (χ0n) is 11.3. The molecule has 0 atom stereocenters. The van der Waals surface area contributed by atoms with Gasteiger partial charge in [-0.2, -0.15) is 0 Å². The molecule has 0 aromatic carbocycles. The van der Waals surface area contributed by atoms with Crippen molar-refractivity contribution in [1.29, 1.82) is 0 Å². The second kappa shape index (κ2) is 5.52. The predicted molar refractivity (Wildman–Crippen MR) is 73.4 cm³/mol. The van der Waals surface area contributed by atoms with Crippen LogP contribution in [0.5, 0.6) is 0 Å². The van der Waals surface area contributed by atoms with Gasteiger partial charge >= 0.3 is 0 Å². The lowest BCUT2D eigenvalue weighted by Crippen LogP contribution is -2.35. The Morgan fingerprint density at radius 1 is 1.35 bits per heavy atom. The number of aromatic nitrogens is 1. The minimum Gasteiger partial charge on any atom is -0.357 e. The summed E-state index contributed by atoms with van der Waals surface area (Å²) >= 11 is 0. The molecule has 0 bridgehead atoms. The molecule has 0 N–H and O–H groups in total. The number of piperidine rings is 1. The van der Waals surface area contributed by atoms with E-state index >= 15 is 0 Å². The third kappa shape index (κ3) is 2.99. The summed E-state index contributed by atoms with van der Waals surface area (Å²) in [4.78, 5) is 6.95. The molecule has 0 spiro atoms. The maximum atomic E-state index is 4.51. The minimum absolute atomic E-state index is 0.826. The summed E-state index contributed by atoms with van der Waals surface area (Å²) in [5.74, 6) is 2.90. The van der Waals surface area contributed by atoms with Crippen LogP contribution in [0.4, 0.5) is 5.82 Å². The fourth-order valence-electron chi connectivity index (χ4n) is 2.65. The molecule has 2 rings (SSSR count). The van der Waals surface area contributed by atoms with Crippen LogP contribution in [-0.2, 0) is 6.42 Å². The van der Waals surface area contributed by atoms with Crippen molar-refractivity contribution in [2.45, 2.75) is 40.0 Å². The Bertz CT molecular complexity index is 352. The summed E-state index contributed by atoms with van der Waals surface area (Å²) < 4.78 is 0. The summed E-state index contributed by atoms with van der Waals surface area (Å²) in [6.45, 7) is 9.22. The summed E-state index contributed by atoms with van der Waals surface area (Å²) in [6, 6.07) is 4.36. The fraction of sp³-hybridized carbons (Fsp3) is 0.667. The van der Waals surface area contributed by atoms with Crippen molar-refractivity contribution in [1.82, 2.24) is 4.98 Å². The van der Waals surface area contributed by atoms with E-state index in [1.807, 2.05) is 6.20 Å². The summed E-state index contributed by atoms with van der Waals surface area (Å²) in [5.41, 5.74) is 1.39. The average Bonchev–Trinajstić information content (AvgIpc) is 2.39. The molecule has 1 aliphatic heterocycles. The molecule has 0 unspecified atom stereocenters. The largest absolute Gasteiger partial charge is 0.357 e. The van der Waals surface area contributed by atoms with E-state index in [0.717, 1.165) is 18.3 Å². The van der Waals surface area contributed by atoms with Crippen molar-refractivity contribution in [3.8, 4) is 0 Å². The van der Waals surface area contributed by atoms with E-state index in [1.165, 1.54) is 37.3 Å². The summed E-state index contributed by atoms with van der Waals surface area (Å²) in [5, 5.41) is 0. The Labute approximate surface area is 105 Å². The van der Waals surface area contributed by atoms with Crippen LogP contribution >= 0.6 is 0 Å².